The Kier molecular flexibility index (Phi) is 0.887. The van der Waals surface area contributed by atoms with E-state index in [0.717, 1.165) is 0 Å². The minimum atomic E-state index is 0.509. The summed E-state index contributed by atoms with van der Waals surface area (Å²) < 4.78 is 0. The van der Waals surface area contributed by atoms with Crippen LogP contribution in [0.1, 0.15) is 0 Å². The molecule has 10 heavy (non-hydrogen) atoms. The molecular formula is C6H4N3O. The SMILES string of the molecule is [O-][N+]1=N[N]c2ccccc21. The van der Waals surface area contributed by atoms with Crippen molar-refractivity contribution in [1.29, 1.82) is 0 Å². The monoisotopic (exact) mass is 134 g/mol. The first kappa shape index (κ1) is 5.22. The molecule has 1 aromatic carbocycles. The van der Waals surface area contributed by atoms with E-state index in [2.05, 4.69) is 10.6 Å². The van der Waals surface area contributed by atoms with Gasteiger partial charge in [0.2, 0.25) is 5.69 Å². The van der Waals surface area contributed by atoms with E-state index in [4.69, 9.17) is 0 Å². The number of hydrogen-bond donors (Lipinski definition) is 0. The van der Waals surface area contributed by atoms with Crippen molar-refractivity contribution in [3.8, 4) is 0 Å². The maximum absolute atomic E-state index is 10.7. The lowest BCUT2D eigenvalue weighted by Gasteiger charge is -1.95. The second-order valence-corrected chi connectivity index (χ2v) is 1.95. The summed E-state index contributed by atoms with van der Waals surface area (Å²) >= 11 is 0. The van der Waals surface area contributed by atoms with Crippen LogP contribution in [-0.2, 0) is 0 Å². The van der Waals surface area contributed by atoms with Crippen LogP contribution < -0.4 is 5.43 Å². The Morgan fingerprint density at radius 2 is 2.10 bits per heavy atom. The molecular weight excluding hydrogens is 130 g/mol. The van der Waals surface area contributed by atoms with E-state index in [1.807, 2.05) is 6.07 Å². The molecule has 0 saturated carbocycles. The van der Waals surface area contributed by atoms with Crippen molar-refractivity contribution >= 4 is 11.4 Å². The highest BCUT2D eigenvalue weighted by Gasteiger charge is 2.19. The fourth-order valence-electron chi connectivity index (χ4n) is 0.847. The molecule has 49 valence electrons. The largest absolute Gasteiger partial charge is 0.691 e. The molecule has 1 radical (unpaired) electrons. The first-order valence-electron chi connectivity index (χ1n) is 2.86. The lowest BCUT2D eigenvalue weighted by Crippen LogP contribution is -1.82. The molecule has 0 amide bonds. The van der Waals surface area contributed by atoms with Crippen LogP contribution in [0.5, 0.6) is 0 Å². The zero-order chi connectivity index (χ0) is 6.97. The van der Waals surface area contributed by atoms with Gasteiger partial charge in [-0.1, -0.05) is 12.1 Å². The molecule has 0 unspecified atom stereocenters. The van der Waals surface area contributed by atoms with E-state index in [0.29, 0.717) is 16.2 Å². The third-order valence-corrected chi connectivity index (χ3v) is 1.32. The highest BCUT2D eigenvalue weighted by atomic mass is 16.5. The van der Waals surface area contributed by atoms with Crippen molar-refractivity contribution < 1.29 is 4.86 Å². The predicted octanol–water partition coefficient (Wildman–Crippen LogP) is 1.45. The molecule has 0 bridgehead atoms. The van der Waals surface area contributed by atoms with Gasteiger partial charge in [-0.05, 0) is 12.1 Å². The number of nitrogens with zero attached hydrogens (tertiary/aromatic N) is 3. The summed E-state index contributed by atoms with van der Waals surface area (Å²) in [6.45, 7) is 0. The summed E-state index contributed by atoms with van der Waals surface area (Å²) in [6, 6.07) is 7.02. The number of benzene rings is 1. The molecule has 0 aliphatic carbocycles. The lowest BCUT2D eigenvalue weighted by molar-refractivity contribution is -0.437. The van der Waals surface area contributed by atoms with Gasteiger partial charge in [-0.3, -0.25) is 0 Å². The first-order chi connectivity index (χ1) is 4.88. The van der Waals surface area contributed by atoms with Gasteiger partial charge in [0.25, 0.3) is 5.69 Å². The minimum Gasteiger partial charge on any atom is -0.691 e. The molecule has 0 atom stereocenters. The summed E-state index contributed by atoms with van der Waals surface area (Å²) in [5.41, 5.74) is 4.77. The van der Waals surface area contributed by atoms with Crippen molar-refractivity contribution in [3.63, 3.8) is 0 Å². The molecule has 0 fully saturated rings. The highest BCUT2D eigenvalue weighted by Crippen LogP contribution is 2.27. The van der Waals surface area contributed by atoms with Crippen LogP contribution in [0.25, 0.3) is 0 Å². The van der Waals surface area contributed by atoms with Crippen LogP contribution in [0.15, 0.2) is 29.5 Å². The van der Waals surface area contributed by atoms with Gasteiger partial charge in [0.15, 0.2) is 0 Å². The second-order valence-electron chi connectivity index (χ2n) is 1.95. The fraction of sp³-hybridized carbons (Fsp3) is 0. The average molecular weight is 134 g/mol. The Morgan fingerprint density at radius 1 is 1.30 bits per heavy atom. The molecule has 1 heterocycles. The fourth-order valence-corrected chi connectivity index (χ4v) is 0.847. The van der Waals surface area contributed by atoms with Crippen LogP contribution in [0, 0.1) is 5.21 Å². The van der Waals surface area contributed by atoms with Gasteiger partial charge in [0.1, 0.15) is 5.22 Å². The van der Waals surface area contributed by atoms with E-state index in [1.165, 1.54) is 0 Å². The Labute approximate surface area is 57.4 Å². The van der Waals surface area contributed by atoms with Gasteiger partial charge in [-0.15, -0.1) is 4.86 Å². The maximum atomic E-state index is 10.7. The normalized spacial score (nSPS) is 13.8. The van der Waals surface area contributed by atoms with Crippen molar-refractivity contribution in [2.24, 2.45) is 5.22 Å². The standard InChI is InChI=1S/C6H4N3O/c10-9-6-4-2-1-3-5(6)7-8-9/h1-4H. The average Bonchev–Trinajstić information content (AvgIpc) is 2.34. The van der Waals surface area contributed by atoms with Crippen LogP contribution in [-0.4, -0.2) is 4.86 Å². The number of rotatable bonds is 0. The van der Waals surface area contributed by atoms with Gasteiger partial charge < -0.3 is 5.21 Å². The molecule has 0 N–H and O–H groups in total. The Bertz CT molecular complexity index is 295. The zero-order valence-corrected chi connectivity index (χ0v) is 5.06. The van der Waals surface area contributed by atoms with E-state index in [9.17, 15) is 5.21 Å². The van der Waals surface area contributed by atoms with Crippen molar-refractivity contribution in [1.82, 2.24) is 5.43 Å². The van der Waals surface area contributed by atoms with Crippen LogP contribution in [0.3, 0.4) is 0 Å². The molecule has 0 spiro atoms. The van der Waals surface area contributed by atoms with E-state index in [-0.39, 0.29) is 0 Å². The molecule has 0 aromatic heterocycles. The molecule has 4 heteroatoms. The molecule has 4 nitrogen and oxygen atoms in total. The number of fused-ring (bicyclic) bond motifs is 1. The van der Waals surface area contributed by atoms with Gasteiger partial charge in [-0.25, -0.2) is 0 Å². The zero-order valence-electron chi connectivity index (χ0n) is 5.06. The third-order valence-electron chi connectivity index (χ3n) is 1.32. The highest BCUT2D eigenvalue weighted by molar-refractivity contribution is 5.56. The topological polar surface area (TPSA) is 52.5 Å². The van der Waals surface area contributed by atoms with Crippen LogP contribution in [0.2, 0.25) is 0 Å². The first-order valence-corrected chi connectivity index (χ1v) is 2.86. The quantitative estimate of drug-likeness (QED) is 0.391. The molecule has 1 aliphatic heterocycles. The summed E-state index contributed by atoms with van der Waals surface area (Å²) in [5.74, 6) is 0. The number of para-hydroxylation sites is 1. The Morgan fingerprint density at radius 3 is 2.90 bits per heavy atom. The van der Waals surface area contributed by atoms with Gasteiger partial charge in [0, 0.05) is 0 Å². The van der Waals surface area contributed by atoms with Crippen molar-refractivity contribution in [2.75, 3.05) is 0 Å². The molecule has 0 saturated heterocycles. The van der Waals surface area contributed by atoms with E-state index >= 15 is 0 Å². The third kappa shape index (κ3) is 0.556. The summed E-state index contributed by atoms with van der Waals surface area (Å²) in [4.78, 5) is 0.509. The van der Waals surface area contributed by atoms with Gasteiger partial charge >= 0.3 is 0 Å². The lowest BCUT2D eigenvalue weighted by atomic mass is 10.3. The van der Waals surface area contributed by atoms with E-state index < -0.39 is 0 Å². The molecule has 1 aliphatic rings. The Balaban J connectivity index is 2.61. The summed E-state index contributed by atoms with van der Waals surface area (Å²) in [6.07, 6.45) is 0. The van der Waals surface area contributed by atoms with Gasteiger partial charge in [-0.2, -0.15) is 0 Å². The number of hydrogen-bond acceptors (Lipinski definition) is 2. The summed E-state index contributed by atoms with van der Waals surface area (Å²) in [5, 5.41) is 14.0. The van der Waals surface area contributed by atoms with Gasteiger partial charge in [0.05, 0.1) is 5.43 Å². The minimum absolute atomic E-state index is 0.509. The molecule has 2 rings (SSSR count). The van der Waals surface area contributed by atoms with Crippen LogP contribution in [0.4, 0.5) is 11.4 Å². The Hall–Kier alpha value is -1.58. The predicted molar refractivity (Wildman–Crippen MR) is 34.0 cm³/mol. The van der Waals surface area contributed by atoms with Crippen molar-refractivity contribution in [3.05, 3.63) is 29.5 Å². The summed E-state index contributed by atoms with van der Waals surface area (Å²) in [7, 11) is 0. The van der Waals surface area contributed by atoms with E-state index in [1.54, 1.807) is 18.2 Å². The molecule has 1 aromatic rings. The van der Waals surface area contributed by atoms with Crippen LogP contribution >= 0.6 is 0 Å². The maximum Gasteiger partial charge on any atom is 0.252 e. The van der Waals surface area contributed by atoms with Crippen molar-refractivity contribution in [2.45, 2.75) is 0 Å². The second kappa shape index (κ2) is 1.70. The smallest absolute Gasteiger partial charge is 0.252 e.